The number of piperidine rings is 1. The lowest BCUT2D eigenvalue weighted by molar-refractivity contribution is 0.102. The molecule has 1 saturated heterocycles. The van der Waals surface area contributed by atoms with Crippen molar-refractivity contribution in [3.8, 4) is 17.2 Å². The fourth-order valence-electron chi connectivity index (χ4n) is 3.53. The van der Waals surface area contributed by atoms with Gasteiger partial charge in [0.15, 0.2) is 11.5 Å². The number of carbonyl (C=O) groups is 1. The summed E-state index contributed by atoms with van der Waals surface area (Å²) in [4.78, 5) is 13.1. The Morgan fingerprint density at radius 1 is 0.969 bits per heavy atom. The van der Waals surface area contributed by atoms with E-state index in [9.17, 15) is 13.2 Å². The van der Waals surface area contributed by atoms with Gasteiger partial charge < -0.3 is 14.8 Å². The molecule has 0 unspecified atom stereocenters. The molecule has 7 nitrogen and oxygen atoms in total. The highest BCUT2D eigenvalue weighted by molar-refractivity contribution is 7.89. The van der Waals surface area contributed by atoms with Crippen molar-refractivity contribution < 1.29 is 22.7 Å². The van der Waals surface area contributed by atoms with Crippen LogP contribution in [0.5, 0.6) is 17.2 Å². The number of ether oxygens (including phenoxy) is 2. The van der Waals surface area contributed by atoms with E-state index in [0.717, 1.165) is 30.6 Å². The summed E-state index contributed by atoms with van der Waals surface area (Å²) in [5.41, 5.74) is 0.539. The monoisotopic (exact) mass is 472 g/mol. The van der Waals surface area contributed by atoms with Gasteiger partial charge in [0.1, 0.15) is 15.5 Å². The van der Waals surface area contributed by atoms with Gasteiger partial charge in [0.2, 0.25) is 10.0 Å². The molecule has 0 saturated carbocycles. The lowest BCUT2D eigenvalue weighted by Gasteiger charge is -2.25. The summed E-state index contributed by atoms with van der Waals surface area (Å²) < 4.78 is 38.6. The maximum atomic E-state index is 13.0. The predicted octanol–water partition coefficient (Wildman–Crippen LogP) is 4.98. The highest BCUT2D eigenvalue weighted by atomic mass is 32.2. The van der Waals surface area contributed by atoms with Crippen molar-refractivity contribution in [2.24, 2.45) is 0 Å². The van der Waals surface area contributed by atoms with Gasteiger partial charge in [0, 0.05) is 18.8 Å². The zero-order chi connectivity index (χ0) is 22.6. The SMILES string of the molecule is COc1ccccc1Oc1ccc(NC(=O)c2sccc2S(=O)(=O)N2CCCCC2)cc1. The van der Waals surface area contributed by atoms with Crippen LogP contribution in [0, 0.1) is 0 Å². The molecule has 4 rings (SSSR count). The predicted molar refractivity (Wildman–Crippen MR) is 124 cm³/mol. The van der Waals surface area contributed by atoms with Crippen LogP contribution in [0.25, 0.3) is 0 Å². The first-order chi connectivity index (χ1) is 15.5. The Kier molecular flexibility index (Phi) is 6.78. The smallest absolute Gasteiger partial charge is 0.267 e. The third-order valence-corrected chi connectivity index (χ3v) is 8.16. The average Bonchev–Trinajstić information content (AvgIpc) is 3.32. The summed E-state index contributed by atoms with van der Waals surface area (Å²) in [6.07, 6.45) is 2.71. The number of carbonyl (C=O) groups excluding carboxylic acids is 1. The first-order valence-electron chi connectivity index (χ1n) is 10.3. The van der Waals surface area contributed by atoms with Gasteiger partial charge in [-0.25, -0.2) is 8.42 Å². The molecule has 1 N–H and O–H groups in total. The second kappa shape index (κ2) is 9.72. The molecule has 9 heteroatoms. The van der Waals surface area contributed by atoms with Crippen molar-refractivity contribution in [1.82, 2.24) is 4.31 Å². The van der Waals surface area contributed by atoms with Crippen molar-refractivity contribution in [3.05, 3.63) is 64.9 Å². The van der Waals surface area contributed by atoms with E-state index in [1.54, 1.807) is 48.9 Å². The Morgan fingerprint density at radius 3 is 2.34 bits per heavy atom. The van der Waals surface area contributed by atoms with Gasteiger partial charge in [0.05, 0.1) is 7.11 Å². The Labute approximate surface area is 191 Å². The molecule has 1 fully saturated rings. The molecule has 3 aromatic rings. The number of nitrogens with one attached hydrogen (secondary N) is 1. The zero-order valence-corrected chi connectivity index (χ0v) is 19.2. The number of nitrogens with zero attached hydrogens (tertiary/aromatic N) is 1. The fraction of sp³-hybridized carbons (Fsp3) is 0.261. The minimum atomic E-state index is -3.68. The third-order valence-electron chi connectivity index (χ3n) is 5.18. The zero-order valence-electron chi connectivity index (χ0n) is 17.6. The van der Waals surface area contributed by atoms with Gasteiger partial charge in [-0.2, -0.15) is 4.31 Å². The molecule has 1 amide bonds. The number of amides is 1. The van der Waals surface area contributed by atoms with E-state index in [0.29, 0.717) is 36.0 Å². The minimum absolute atomic E-state index is 0.0676. The van der Waals surface area contributed by atoms with Crippen LogP contribution in [-0.2, 0) is 10.0 Å². The molecule has 0 atom stereocenters. The summed E-state index contributed by atoms with van der Waals surface area (Å²) >= 11 is 1.12. The van der Waals surface area contributed by atoms with Gasteiger partial charge in [-0.05, 0) is 60.7 Å². The van der Waals surface area contributed by atoms with Crippen LogP contribution < -0.4 is 14.8 Å². The van der Waals surface area contributed by atoms with E-state index in [2.05, 4.69) is 5.32 Å². The molecule has 0 bridgehead atoms. The number of sulfonamides is 1. The van der Waals surface area contributed by atoms with Crippen molar-refractivity contribution in [2.45, 2.75) is 24.2 Å². The topological polar surface area (TPSA) is 84.9 Å². The minimum Gasteiger partial charge on any atom is -0.493 e. The third kappa shape index (κ3) is 4.79. The maximum absolute atomic E-state index is 13.0. The Balaban J connectivity index is 1.47. The molecule has 1 aliphatic rings. The highest BCUT2D eigenvalue weighted by Gasteiger charge is 2.31. The number of rotatable bonds is 7. The maximum Gasteiger partial charge on any atom is 0.267 e. The van der Waals surface area contributed by atoms with Crippen LogP contribution in [0.2, 0.25) is 0 Å². The molecule has 0 radical (unpaired) electrons. The van der Waals surface area contributed by atoms with Gasteiger partial charge in [0.25, 0.3) is 5.91 Å². The van der Waals surface area contributed by atoms with E-state index in [-0.39, 0.29) is 9.77 Å². The van der Waals surface area contributed by atoms with Crippen LogP contribution >= 0.6 is 11.3 Å². The lowest BCUT2D eigenvalue weighted by atomic mass is 10.2. The van der Waals surface area contributed by atoms with Gasteiger partial charge in [-0.3, -0.25) is 4.79 Å². The number of para-hydroxylation sites is 2. The average molecular weight is 473 g/mol. The van der Waals surface area contributed by atoms with Crippen LogP contribution in [0.4, 0.5) is 5.69 Å². The standard InChI is InChI=1S/C23H24N2O5S2/c1-29-19-7-3-4-8-20(19)30-18-11-9-17(10-12-18)24-23(26)22-21(13-16-31-22)32(27,28)25-14-5-2-6-15-25/h3-4,7-13,16H,2,5-6,14-15H2,1H3,(H,24,26). The Morgan fingerprint density at radius 2 is 1.66 bits per heavy atom. The molecule has 1 aliphatic heterocycles. The number of benzene rings is 2. The lowest BCUT2D eigenvalue weighted by Crippen LogP contribution is -2.36. The molecule has 2 aromatic carbocycles. The summed E-state index contributed by atoms with van der Waals surface area (Å²) in [7, 11) is -2.11. The van der Waals surface area contributed by atoms with Crippen molar-refractivity contribution in [3.63, 3.8) is 0 Å². The number of methoxy groups -OCH3 is 1. The molecule has 0 spiro atoms. The summed E-state index contributed by atoms with van der Waals surface area (Å²) in [5, 5.41) is 4.42. The van der Waals surface area contributed by atoms with Crippen LogP contribution in [-0.4, -0.2) is 38.8 Å². The van der Waals surface area contributed by atoms with Gasteiger partial charge in [-0.1, -0.05) is 18.6 Å². The van der Waals surface area contributed by atoms with E-state index in [1.165, 1.54) is 10.4 Å². The largest absolute Gasteiger partial charge is 0.493 e. The van der Waals surface area contributed by atoms with Crippen LogP contribution in [0.15, 0.2) is 64.9 Å². The quantitative estimate of drug-likeness (QED) is 0.524. The normalized spacial score (nSPS) is 14.7. The van der Waals surface area contributed by atoms with Crippen molar-refractivity contribution in [2.75, 3.05) is 25.5 Å². The van der Waals surface area contributed by atoms with Gasteiger partial charge in [-0.15, -0.1) is 11.3 Å². The fourth-order valence-corrected chi connectivity index (χ4v) is 6.35. The van der Waals surface area contributed by atoms with Crippen LogP contribution in [0.1, 0.15) is 28.9 Å². The summed E-state index contributed by atoms with van der Waals surface area (Å²) in [5.74, 6) is 1.33. The van der Waals surface area contributed by atoms with E-state index >= 15 is 0 Å². The molecule has 0 aliphatic carbocycles. The van der Waals surface area contributed by atoms with E-state index in [1.807, 2.05) is 12.1 Å². The number of hydrogen-bond donors (Lipinski definition) is 1. The molecule has 1 aromatic heterocycles. The highest BCUT2D eigenvalue weighted by Crippen LogP contribution is 2.32. The second-order valence-electron chi connectivity index (χ2n) is 7.31. The number of anilines is 1. The summed E-state index contributed by atoms with van der Waals surface area (Å²) in [6, 6.07) is 15.7. The first-order valence-corrected chi connectivity index (χ1v) is 12.6. The molecular weight excluding hydrogens is 448 g/mol. The first kappa shape index (κ1) is 22.3. The van der Waals surface area contributed by atoms with Crippen molar-refractivity contribution in [1.29, 1.82) is 0 Å². The van der Waals surface area contributed by atoms with E-state index < -0.39 is 15.9 Å². The van der Waals surface area contributed by atoms with Crippen molar-refractivity contribution >= 4 is 33.0 Å². The number of thiophene rings is 1. The van der Waals surface area contributed by atoms with Crippen LogP contribution in [0.3, 0.4) is 0 Å². The molecule has 2 heterocycles. The molecule has 32 heavy (non-hydrogen) atoms. The number of hydrogen-bond acceptors (Lipinski definition) is 6. The molecular formula is C23H24N2O5S2. The van der Waals surface area contributed by atoms with E-state index in [4.69, 9.17) is 9.47 Å². The molecule has 168 valence electrons. The van der Waals surface area contributed by atoms with Gasteiger partial charge >= 0.3 is 0 Å². The Hall–Kier alpha value is -2.88. The Bertz CT molecular complexity index is 1180. The second-order valence-corrected chi connectivity index (χ2v) is 10.1. The summed E-state index contributed by atoms with van der Waals surface area (Å²) in [6.45, 7) is 0.986.